The second kappa shape index (κ2) is 18.4. The topological polar surface area (TPSA) is 0 Å². The highest BCUT2D eigenvalue weighted by Crippen LogP contribution is 2.43. The van der Waals surface area contributed by atoms with Gasteiger partial charge in [-0.2, -0.15) is 0 Å². The average Bonchev–Trinajstić information content (AvgIpc) is 2.93. The van der Waals surface area contributed by atoms with Crippen LogP contribution in [0.4, 0.5) is 17.1 Å². The van der Waals surface area contributed by atoms with Crippen LogP contribution < -0.4 is 21.5 Å². The van der Waals surface area contributed by atoms with Crippen molar-refractivity contribution in [3.63, 3.8) is 0 Å². The molecule has 36 heavy (non-hydrogen) atoms. The molecule has 3 aromatic rings. The van der Waals surface area contributed by atoms with Crippen LogP contribution in [-0.2, 0) is 0 Å². The molecule has 196 valence electrons. The molecule has 3 aromatic carbocycles. The molecular weight excluding hydrogens is 502 g/mol. The molecule has 0 radical (unpaired) electrons. The molecule has 3 rings (SSSR count). The van der Waals surface area contributed by atoms with Crippen molar-refractivity contribution < 1.29 is 17.0 Å². The van der Waals surface area contributed by atoms with E-state index in [-0.39, 0.29) is 17.0 Å². The van der Waals surface area contributed by atoms with E-state index in [1.165, 1.54) is 107 Å². The second-order valence-corrected chi connectivity index (χ2v) is 10.1. The van der Waals surface area contributed by atoms with Gasteiger partial charge in [-0.1, -0.05) is 139 Å². The predicted octanol–water partition coefficient (Wildman–Crippen LogP) is 8.14. The lowest BCUT2D eigenvalue weighted by molar-refractivity contribution is -0.00000723. The molecule has 1 nitrogen and oxygen atoms in total. The van der Waals surface area contributed by atoms with E-state index >= 15 is 0 Å². The van der Waals surface area contributed by atoms with Gasteiger partial charge in [-0.05, 0) is 49.2 Å². The maximum absolute atomic E-state index is 2.30. The number of unbranched alkanes of at least 4 members (excludes halogenated alkanes) is 13. The summed E-state index contributed by atoms with van der Waals surface area (Å²) < 4.78 is 0.792. The predicted molar refractivity (Wildman–Crippen MR) is 156 cm³/mol. The van der Waals surface area contributed by atoms with Crippen LogP contribution in [-0.4, -0.2) is 6.54 Å². The lowest BCUT2D eigenvalue weighted by atomic mass is 10.0. The normalized spacial score (nSPS) is 11.2. The number of para-hydroxylation sites is 3. The molecule has 0 spiro atoms. The summed E-state index contributed by atoms with van der Waals surface area (Å²) in [4.78, 5) is 0. The van der Waals surface area contributed by atoms with Crippen molar-refractivity contribution in [1.82, 2.24) is 4.48 Å². The quantitative estimate of drug-likeness (QED) is 0.111. The van der Waals surface area contributed by atoms with Gasteiger partial charge in [0.25, 0.3) is 0 Å². The number of nitrogens with zero attached hydrogens (tertiary/aromatic N) is 1. The van der Waals surface area contributed by atoms with E-state index in [2.05, 4.69) is 97.9 Å². The molecule has 0 unspecified atom stereocenters. The summed E-state index contributed by atoms with van der Waals surface area (Å²) in [6, 6.07) is 33.2. The van der Waals surface area contributed by atoms with Crippen LogP contribution in [0.25, 0.3) is 0 Å². The van der Waals surface area contributed by atoms with E-state index in [0.29, 0.717) is 0 Å². The smallest absolute Gasteiger partial charge is 0.143 e. The molecule has 0 saturated carbocycles. The fourth-order valence-electron chi connectivity index (χ4n) is 5.43. The summed E-state index contributed by atoms with van der Waals surface area (Å²) in [7, 11) is 0. The molecule has 0 aliphatic heterocycles. The minimum Gasteiger partial charge on any atom is -1.00 e. The Morgan fingerprint density at radius 2 is 0.667 bits per heavy atom. The maximum Gasteiger partial charge on any atom is 0.143 e. The molecule has 2 heteroatoms. The van der Waals surface area contributed by atoms with Crippen molar-refractivity contribution >= 4 is 17.1 Å². The van der Waals surface area contributed by atoms with E-state index in [1.54, 1.807) is 0 Å². The van der Waals surface area contributed by atoms with Crippen LogP contribution >= 0.6 is 0 Å². The Hall–Kier alpha value is -1.90. The van der Waals surface area contributed by atoms with Crippen LogP contribution in [0.3, 0.4) is 0 Å². The summed E-state index contributed by atoms with van der Waals surface area (Å²) in [6.45, 7) is 3.39. The molecule has 0 saturated heterocycles. The minimum absolute atomic E-state index is 0. The lowest BCUT2D eigenvalue weighted by Crippen LogP contribution is -3.00. The third kappa shape index (κ3) is 9.52. The third-order valence-corrected chi connectivity index (χ3v) is 7.44. The van der Waals surface area contributed by atoms with Gasteiger partial charge in [0.05, 0.1) is 6.54 Å². The molecule has 0 aliphatic carbocycles. The van der Waals surface area contributed by atoms with Crippen LogP contribution in [0.2, 0.25) is 0 Å². The van der Waals surface area contributed by atoms with Crippen molar-refractivity contribution in [3.05, 3.63) is 91.0 Å². The monoisotopic (exact) mass is 549 g/mol. The Morgan fingerprint density at radius 3 is 0.972 bits per heavy atom. The molecule has 0 amide bonds. The summed E-state index contributed by atoms with van der Waals surface area (Å²) in [5.74, 6) is 0. The highest BCUT2D eigenvalue weighted by molar-refractivity contribution is 5.70. The van der Waals surface area contributed by atoms with E-state index in [1.807, 2.05) is 0 Å². The third-order valence-electron chi connectivity index (χ3n) is 7.44. The van der Waals surface area contributed by atoms with Crippen LogP contribution in [0, 0.1) is 0 Å². The fourth-order valence-corrected chi connectivity index (χ4v) is 5.43. The van der Waals surface area contributed by atoms with Gasteiger partial charge in [0, 0.05) is 0 Å². The molecule has 0 atom stereocenters. The molecule has 0 N–H and O–H groups in total. The zero-order chi connectivity index (χ0) is 24.4. The number of hydrogen-bond donors (Lipinski definition) is 0. The number of benzene rings is 3. The van der Waals surface area contributed by atoms with E-state index in [4.69, 9.17) is 0 Å². The van der Waals surface area contributed by atoms with Crippen LogP contribution in [0.1, 0.15) is 96.8 Å². The first-order valence-corrected chi connectivity index (χ1v) is 14.4. The standard InChI is InChI=1S/C34H48N.BrH/c1-2-3-4-5-6-7-8-9-10-11-12-13-14-24-31-35(32-25-18-15-19-26-32,33-27-20-16-21-28-33)34-29-22-17-23-30-34;/h15-23,25-30H,2-14,24,31H2,1H3;1H/q+1;/p-1. The summed E-state index contributed by atoms with van der Waals surface area (Å²) >= 11 is 0. The summed E-state index contributed by atoms with van der Waals surface area (Å²) in [6.07, 6.45) is 19.5. The molecule has 0 aliphatic rings. The zero-order valence-corrected chi connectivity index (χ0v) is 24.2. The van der Waals surface area contributed by atoms with Gasteiger partial charge in [0.15, 0.2) is 0 Å². The van der Waals surface area contributed by atoms with Crippen LogP contribution in [0.5, 0.6) is 0 Å². The molecule has 0 aromatic heterocycles. The summed E-state index contributed by atoms with van der Waals surface area (Å²) in [5, 5.41) is 0. The molecule has 0 heterocycles. The highest BCUT2D eigenvalue weighted by atomic mass is 79.9. The second-order valence-electron chi connectivity index (χ2n) is 10.1. The average molecular weight is 551 g/mol. The van der Waals surface area contributed by atoms with Crippen molar-refractivity contribution in [2.24, 2.45) is 0 Å². The largest absolute Gasteiger partial charge is 1.00 e. The number of rotatable bonds is 18. The first-order valence-electron chi connectivity index (χ1n) is 14.4. The van der Waals surface area contributed by atoms with Gasteiger partial charge in [-0.25, -0.2) is 4.48 Å². The molecular formula is C34H48BrN. The van der Waals surface area contributed by atoms with Gasteiger partial charge in [0.2, 0.25) is 0 Å². The fraction of sp³-hybridized carbons (Fsp3) is 0.471. The van der Waals surface area contributed by atoms with E-state index in [0.717, 1.165) is 11.0 Å². The zero-order valence-electron chi connectivity index (χ0n) is 22.6. The maximum atomic E-state index is 2.30. The lowest BCUT2D eigenvalue weighted by Gasteiger charge is -2.37. The Balaban J connectivity index is 0.00000456. The van der Waals surface area contributed by atoms with Crippen molar-refractivity contribution in [2.45, 2.75) is 96.8 Å². The van der Waals surface area contributed by atoms with E-state index < -0.39 is 0 Å². The minimum atomic E-state index is 0. The Bertz CT molecular complexity index is 798. The van der Waals surface area contributed by atoms with Crippen molar-refractivity contribution in [3.8, 4) is 0 Å². The van der Waals surface area contributed by atoms with Gasteiger partial charge < -0.3 is 17.0 Å². The SMILES string of the molecule is CCCCCCCCCCCCCCCC[N+](c1ccccc1)(c1ccccc1)c1ccccc1.[Br-]. The van der Waals surface area contributed by atoms with Crippen molar-refractivity contribution in [2.75, 3.05) is 6.54 Å². The Labute approximate surface area is 232 Å². The van der Waals surface area contributed by atoms with E-state index in [9.17, 15) is 0 Å². The summed E-state index contributed by atoms with van der Waals surface area (Å²) in [5.41, 5.74) is 4.04. The molecule has 0 bridgehead atoms. The van der Waals surface area contributed by atoms with Crippen LogP contribution in [0.15, 0.2) is 91.0 Å². The number of hydrogen-bond acceptors (Lipinski definition) is 0. The Kier molecular flexibility index (Phi) is 15.5. The van der Waals surface area contributed by atoms with Gasteiger partial charge in [0.1, 0.15) is 17.1 Å². The highest BCUT2D eigenvalue weighted by Gasteiger charge is 2.35. The molecule has 0 fully saturated rings. The number of halogens is 1. The van der Waals surface area contributed by atoms with Gasteiger partial charge in [-0.3, -0.25) is 0 Å². The first-order chi connectivity index (χ1) is 17.4. The Morgan fingerprint density at radius 1 is 0.389 bits per heavy atom. The van der Waals surface area contributed by atoms with Gasteiger partial charge in [-0.15, -0.1) is 0 Å². The number of quaternary nitrogens is 1. The van der Waals surface area contributed by atoms with Crippen molar-refractivity contribution in [1.29, 1.82) is 0 Å². The van der Waals surface area contributed by atoms with Gasteiger partial charge >= 0.3 is 0 Å². The first kappa shape index (κ1) is 30.3.